The summed E-state index contributed by atoms with van der Waals surface area (Å²) in [4.78, 5) is 12.7. The van der Waals surface area contributed by atoms with Gasteiger partial charge in [-0.2, -0.15) is 5.26 Å². The number of rotatable bonds is 3. The number of amides is 1. The maximum Gasteiger partial charge on any atom is 0.252 e. The molecule has 0 radical (unpaired) electrons. The third kappa shape index (κ3) is 3.52. The van der Waals surface area contributed by atoms with E-state index in [-0.39, 0.29) is 5.56 Å². The van der Waals surface area contributed by atoms with Crippen molar-refractivity contribution in [3.63, 3.8) is 0 Å². The van der Waals surface area contributed by atoms with Gasteiger partial charge in [-0.25, -0.2) is 8.78 Å². The summed E-state index contributed by atoms with van der Waals surface area (Å²) in [5, 5.41) is 11.9. The van der Waals surface area contributed by atoms with E-state index in [4.69, 9.17) is 10.00 Å². The van der Waals surface area contributed by atoms with Gasteiger partial charge in [0.2, 0.25) is 0 Å². The lowest BCUT2D eigenvalue weighted by molar-refractivity contribution is 0.0333. The second kappa shape index (κ2) is 6.99. The van der Waals surface area contributed by atoms with Crippen LogP contribution >= 0.6 is 0 Å². The third-order valence-electron chi connectivity index (χ3n) is 4.40. The zero-order chi connectivity index (χ0) is 17.9. The molecule has 3 rings (SSSR count). The van der Waals surface area contributed by atoms with Crippen molar-refractivity contribution < 1.29 is 18.3 Å². The number of ether oxygens (including phenoxy) is 1. The van der Waals surface area contributed by atoms with Gasteiger partial charge in [0.05, 0.1) is 17.2 Å². The number of halogens is 2. The predicted molar refractivity (Wildman–Crippen MR) is 86.7 cm³/mol. The number of hydrogen-bond acceptors (Lipinski definition) is 3. The third-order valence-corrected chi connectivity index (χ3v) is 4.40. The molecule has 2 aromatic rings. The van der Waals surface area contributed by atoms with Gasteiger partial charge in [0.25, 0.3) is 5.91 Å². The van der Waals surface area contributed by atoms with Gasteiger partial charge in [-0.05, 0) is 37.1 Å². The largest absolute Gasteiger partial charge is 0.381 e. The molecule has 1 saturated heterocycles. The first-order valence-electron chi connectivity index (χ1n) is 7.90. The van der Waals surface area contributed by atoms with Crippen LogP contribution in [0.15, 0.2) is 42.5 Å². The summed E-state index contributed by atoms with van der Waals surface area (Å²) < 4.78 is 33.0. The molecule has 1 aliphatic rings. The van der Waals surface area contributed by atoms with Gasteiger partial charge >= 0.3 is 0 Å². The number of nitriles is 1. The van der Waals surface area contributed by atoms with Crippen molar-refractivity contribution in [2.24, 2.45) is 0 Å². The number of carbonyl (C=O) groups is 1. The zero-order valence-corrected chi connectivity index (χ0v) is 13.4. The Balaban J connectivity index is 1.96. The zero-order valence-electron chi connectivity index (χ0n) is 13.4. The Labute approximate surface area is 144 Å². The number of hydrogen-bond donors (Lipinski definition) is 1. The molecule has 0 bridgehead atoms. The van der Waals surface area contributed by atoms with Crippen LogP contribution in [0.1, 0.15) is 34.3 Å². The molecule has 2 aromatic carbocycles. The van der Waals surface area contributed by atoms with Crippen molar-refractivity contribution in [3.8, 4) is 6.07 Å². The van der Waals surface area contributed by atoms with Gasteiger partial charge in [-0.15, -0.1) is 0 Å². The molecule has 0 spiro atoms. The molecule has 6 heteroatoms. The van der Waals surface area contributed by atoms with Crippen molar-refractivity contribution in [1.82, 2.24) is 5.32 Å². The summed E-state index contributed by atoms with van der Waals surface area (Å²) in [5.74, 6) is -1.78. The topological polar surface area (TPSA) is 62.1 Å². The van der Waals surface area contributed by atoms with Gasteiger partial charge in [0, 0.05) is 30.4 Å². The molecule has 0 aromatic heterocycles. The molecule has 0 saturated carbocycles. The lowest BCUT2D eigenvalue weighted by atomic mass is 9.82. The Hall–Kier alpha value is -2.78. The minimum atomic E-state index is -0.976. The van der Waals surface area contributed by atoms with E-state index in [1.165, 1.54) is 18.2 Å². The second-order valence-electron chi connectivity index (χ2n) is 5.97. The fraction of sp³-hybridized carbons (Fsp3) is 0.263. The maximum absolute atomic E-state index is 14.4. The maximum atomic E-state index is 14.4. The average Bonchev–Trinajstić information content (AvgIpc) is 2.62. The highest BCUT2D eigenvalue weighted by molar-refractivity contribution is 5.95. The quantitative estimate of drug-likeness (QED) is 0.931. The van der Waals surface area contributed by atoms with Gasteiger partial charge in [0.1, 0.15) is 11.6 Å². The lowest BCUT2D eigenvalue weighted by Gasteiger charge is -2.38. The van der Waals surface area contributed by atoms with Crippen molar-refractivity contribution >= 4 is 5.91 Å². The minimum Gasteiger partial charge on any atom is -0.381 e. The van der Waals surface area contributed by atoms with Crippen molar-refractivity contribution in [2.45, 2.75) is 18.4 Å². The van der Waals surface area contributed by atoms with Crippen LogP contribution in [0.2, 0.25) is 0 Å². The molecule has 1 amide bonds. The first-order valence-corrected chi connectivity index (χ1v) is 7.90. The second-order valence-corrected chi connectivity index (χ2v) is 5.97. The molecule has 128 valence electrons. The molecule has 1 heterocycles. The highest BCUT2D eigenvalue weighted by Crippen LogP contribution is 2.34. The first kappa shape index (κ1) is 17.1. The van der Waals surface area contributed by atoms with Crippen LogP contribution in [0, 0.1) is 23.0 Å². The number of nitrogens with one attached hydrogen (secondary N) is 1. The fourth-order valence-electron chi connectivity index (χ4n) is 3.08. The van der Waals surface area contributed by atoms with E-state index in [1.54, 1.807) is 18.2 Å². The molecular formula is C19H16F2N2O2. The molecule has 0 atom stereocenters. The van der Waals surface area contributed by atoms with Crippen LogP contribution in [-0.2, 0) is 10.3 Å². The molecule has 1 aliphatic heterocycles. The Morgan fingerprint density at radius 1 is 1.16 bits per heavy atom. The normalized spacial score (nSPS) is 16.0. The molecule has 1 N–H and O–H groups in total. The van der Waals surface area contributed by atoms with Crippen molar-refractivity contribution in [1.29, 1.82) is 5.26 Å². The van der Waals surface area contributed by atoms with Gasteiger partial charge in [-0.1, -0.05) is 12.1 Å². The van der Waals surface area contributed by atoms with Crippen LogP contribution in [0.4, 0.5) is 8.78 Å². The molecule has 0 aliphatic carbocycles. The van der Waals surface area contributed by atoms with Gasteiger partial charge in [0.15, 0.2) is 0 Å². The summed E-state index contributed by atoms with van der Waals surface area (Å²) in [6, 6.07) is 11.6. The van der Waals surface area contributed by atoms with E-state index in [1.807, 2.05) is 6.07 Å². The smallest absolute Gasteiger partial charge is 0.252 e. The summed E-state index contributed by atoms with van der Waals surface area (Å²) in [7, 11) is 0. The van der Waals surface area contributed by atoms with E-state index in [2.05, 4.69) is 5.32 Å². The van der Waals surface area contributed by atoms with Crippen LogP contribution in [0.25, 0.3) is 0 Å². The number of benzene rings is 2. The van der Waals surface area contributed by atoms with E-state index in [0.717, 1.165) is 6.07 Å². The van der Waals surface area contributed by atoms with E-state index >= 15 is 0 Å². The summed E-state index contributed by atoms with van der Waals surface area (Å²) in [6.45, 7) is 0.713. The van der Waals surface area contributed by atoms with E-state index in [0.29, 0.717) is 37.2 Å². The Bertz CT molecular complexity index is 840. The Morgan fingerprint density at radius 3 is 2.60 bits per heavy atom. The van der Waals surface area contributed by atoms with Crippen LogP contribution in [-0.4, -0.2) is 19.1 Å². The number of nitrogens with zero attached hydrogens (tertiary/aromatic N) is 1. The fourth-order valence-corrected chi connectivity index (χ4v) is 3.08. The number of carbonyl (C=O) groups excluding carboxylic acids is 1. The van der Waals surface area contributed by atoms with Gasteiger partial charge in [-0.3, -0.25) is 4.79 Å². The molecule has 4 nitrogen and oxygen atoms in total. The molecule has 1 fully saturated rings. The summed E-state index contributed by atoms with van der Waals surface area (Å²) in [5.41, 5.74) is -0.0634. The summed E-state index contributed by atoms with van der Waals surface area (Å²) in [6.07, 6.45) is 0.748. The molecule has 0 unspecified atom stereocenters. The lowest BCUT2D eigenvalue weighted by Crippen LogP contribution is -2.50. The van der Waals surface area contributed by atoms with Crippen molar-refractivity contribution in [2.75, 3.05) is 13.2 Å². The molecule has 25 heavy (non-hydrogen) atoms. The monoisotopic (exact) mass is 342 g/mol. The van der Waals surface area contributed by atoms with E-state index < -0.39 is 23.1 Å². The highest BCUT2D eigenvalue weighted by atomic mass is 19.1. The van der Waals surface area contributed by atoms with Crippen LogP contribution in [0.5, 0.6) is 0 Å². The first-order chi connectivity index (χ1) is 12.0. The average molecular weight is 342 g/mol. The summed E-state index contributed by atoms with van der Waals surface area (Å²) >= 11 is 0. The minimum absolute atomic E-state index is 0.238. The van der Waals surface area contributed by atoms with E-state index in [9.17, 15) is 13.6 Å². The Kier molecular flexibility index (Phi) is 4.77. The SMILES string of the molecule is N#Cc1cccc(C(=O)NC2(c3ccc(F)cc3F)CCOCC2)c1. The van der Waals surface area contributed by atoms with Gasteiger partial charge < -0.3 is 10.1 Å². The van der Waals surface area contributed by atoms with Crippen LogP contribution < -0.4 is 5.32 Å². The Morgan fingerprint density at radius 2 is 1.92 bits per heavy atom. The molecular weight excluding hydrogens is 326 g/mol. The van der Waals surface area contributed by atoms with Crippen LogP contribution in [0.3, 0.4) is 0 Å². The standard InChI is InChI=1S/C19H16F2N2O2/c20-15-4-5-16(17(21)11-15)19(6-8-25-9-7-19)23-18(24)14-3-1-2-13(10-14)12-22/h1-5,10-11H,6-9H2,(H,23,24). The predicted octanol–water partition coefficient (Wildman–Crippen LogP) is 3.27. The van der Waals surface area contributed by atoms with Crippen molar-refractivity contribution in [3.05, 3.63) is 70.8 Å². The highest BCUT2D eigenvalue weighted by Gasteiger charge is 2.38.